The van der Waals surface area contributed by atoms with Gasteiger partial charge in [-0.05, 0) is 163 Å². The molecular formula is C80H79BN2. The van der Waals surface area contributed by atoms with Crippen LogP contribution in [0.4, 0.5) is 34.1 Å². The van der Waals surface area contributed by atoms with E-state index in [1.54, 1.807) is 0 Å². The highest BCUT2D eigenvalue weighted by Gasteiger charge is 2.45. The monoisotopic (exact) mass is 1080 g/mol. The van der Waals surface area contributed by atoms with Gasteiger partial charge in [-0.2, -0.15) is 0 Å². The van der Waals surface area contributed by atoms with E-state index in [2.05, 4.69) is 320 Å². The maximum absolute atomic E-state index is 2.66. The van der Waals surface area contributed by atoms with Gasteiger partial charge in [-0.3, -0.25) is 0 Å². The second-order valence-electron chi connectivity index (χ2n) is 29.1. The van der Waals surface area contributed by atoms with Crippen molar-refractivity contribution in [1.82, 2.24) is 0 Å². The van der Waals surface area contributed by atoms with Gasteiger partial charge in [0.25, 0.3) is 6.71 Å². The van der Waals surface area contributed by atoms with Gasteiger partial charge in [-0.25, -0.2) is 0 Å². The molecule has 3 heteroatoms. The minimum atomic E-state index is -0.0930. The molecule has 83 heavy (non-hydrogen) atoms. The zero-order valence-corrected chi connectivity index (χ0v) is 51.6. The molecule has 0 atom stereocenters. The fraction of sp³-hybridized carbons (Fsp3) is 0.250. The first-order valence-corrected chi connectivity index (χ1v) is 30.2. The minimum absolute atomic E-state index is 0.0201. The Hall–Kier alpha value is -8.14. The number of benzene rings is 11. The first kappa shape index (κ1) is 54.1. The van der Waals surface area contributed by atoms with Crippen LogP contribution >= 0.6 is 0 Å². The third-order valence-corrected chi connectivity index (χ3v) is 18.3. The topological polar surface area (TPSA) is 6.48 Å². The molecule has 2 nitrogen and oxygen atoms in total. The van der Waals surface area contributed by atoms with Crippen molar-refractivity contribution in [1.29, 1.82) is 0 Å². The molecule has 2 aliphatic heterocycles. The molecule has 0 bridgehead atoms. The van der Waals surface area contributed by atoms with Gasteiger partial charge in [0.15, 0.2) is 0 Å². The average Bonchev–Trinajstić information content (AvgIpc) is 2.21. The van der Waals surface area contributed by atoms with E-state index in [9.17, 15) is 0 Å². The Labute approximate surface area is 495 Å². The molecule has 13 rings (SSSR count). The van der Waals surface area contributed by atoms with Crippen molar-refractivity contribution in [2.24, 2.45) is 0 Å². The van der Waals surface area contributed by atoms with Gasteiger partial charge in [-0.15, -0.1) is 0 Å². The molecule has 0 saturated carbocycles. The number of rotatable bonds is 5. The quantitative estimate of drug-likeness (QED) is 0.125. The summed E-state index contributed by atoms with van der Waals surface area (Å²) in [4.78, 5) is 5.30. The van der Waals surface area contributed by atoms with E-state index in [4.69, 9.17) is 0 Å². The smallest absolute Gasteiger partial charge is 0.252 e. The van der Waals surface area contributed by atoms with Crippen LogP contribution in [0.5, 0.6) is 0 Å². The van der Waals surface area contributed by atoms with Crippen LogP contribution in [0.15, 0.2) is 206 Å². The lowest BCUT2D eigenvalue weighted by atomic mass is 9.33. The highest BCUT2D eigenvalue weighted by Crippen LogP contribution is 2.52. The van der Waals surface area contributed by atoms with Crippen LogP contribution in [0.3, 0.4) is 0 Å². The molecule has 0 aromatic heterocycles. The van der Waals surface area contributed by atoms with Crippen LogP contribution in [-0.4, -0.2) is 6.71 Å². The van der Waals surface area contributed by atoms with Crippen molar-refractivity contribution in [2.75, 3.05) is 9.80 Å². The Kier molecular flexibility index (Phi) is 12.5. The SMILES string of the molecule is CC(C)(C)c1ccc(-c2cccc(-c3ccc(C(C)(C)C)cc3)c2N2c3ccc(C(C)(C)C)cc3B3c4cc(C(C)(C)C)ccc4N(c4ccc(C(C)(C)C)cc4-c4ccc5c6ccccc6c6ccccc6c5c4)c4cccc2c43)cc1. The normalized spacial score (nSPS) is 13.7. The minimum Gasteiger partial charge on any atom is -0.311 e. The van der Waals surface area contributed by atoms with Crippen LogP contribution in [0.2, 0.25) is 0 Å². The number of anilines is 6. The third-order valence-electron chi connectivity index (χ3n) is 18.3. The van der Waals surface area contributed by atoms with Crippen LogP contribution in [0.25, 0.3) is 65.7 Å². The molecule has 0 spiro atoms. The van der Waals surface area contributed by atoms with Crippen molar-refractivity contribution < 1.29 is 0 Å². The summed E-state index contributed by atoms with van der Waals surface area (Å²) < 4.78 is 0. The molecule has 0 aliphatic carbocycles. The molecule has 412 valence electrons. The second-order valence-corrected chi connectivity index (χ2v) is 29.1. The molecule has 2 heterocycles. The average molecular weight is 1080 g/mol. The summed E-state index contributed by atoms with van der Waals surface area (Å²) in [6.45, 7) is 35.0. The molecule has 2 aliphatic rings. The van der Waals surface area contributed by atoms with Gasteiger partial charge in [0, 0.05) is 39.4 Å². The van der Waals surface area contributed by atoms with Gasteiger partial charge in [-0.1, -0.05) is 268 Å². The second kappa shape index (κ2) is 19.2. The van der Waals surface area contributed by atoms with Crippen LogP contribution in [0.1, 0.15) is 132 Å². The molecule has 0 amide bonds. The van der Waals surface area contributed by atoms with E-state index in [0.29, 0.717) is 0 Å². The molecule has 0 unspecified atom stereocenters. The Morgan fingerprint density at radius 2 is 0.614 bits per heavy atom. The predicted molar refractivity (Wildman–Crippen MR) is 363 cm³/mol. The molecular weight excluding hydrogens is 1000 g/mol. The van der Waals surface area contributed by atoms with Gasteiger partial charge < -0.3 is 9.80 Å². The van der Waals surface area contributed by atoms with Gasteiger partial charge in [0.05, 0.1) is 11.4 Å². The summed E-state index contributed by atoms with van der Waals surface area (Å²) in [5.41, 5.74) is 24.7. The maximum Gasteiger partial charge on any atom is 0.252 e. The summed E-state index contributed by atoms with van der Waals surface area (Å²) in [6.07, 6.45) is 0. The summed E-state index contributed by atoms with van der Waals surface area (Å²) in [7, 11) is 0. The number of hydrogen-bond acceptors (Lipinski definition) is 2. The van der Waals surface area contributed by atoms with Crippen molar-refractivity contribution in [2.45, 2.75) is 131 Å². The van der Waals surface area contributed by atoms with Crippen molar-refractivity contribution in [3.05, 3.63) is 234 Å². The molecule has 0 fully saturated rings. The summed E-state index contributed by atoms with van der Waals surface area (Å²) >= 11 is 0. The first-order chi connectivity index (χ1) is 39.3. The van der Waals surface area contributed by atoms with Crippen LogP contribution in [-0.2, 0) is 27.1 Å². The largest absolute Gasteiger partial charge is 0.311 e. The Balaban J connectivity index is 1.13. The van der Waals surface area contributed by atoms with E-state index in [0.717, 1.165) is 0 Å². The fourth-order valence-electron chi connectivity index (χ4n) is 13.4. The zero-order valence-electron chi connectivity index (χ0n) is 51.6. The Morgan fingerprint density at radius 1 is 0.253 bits per heavy atom. The Bertz CT molecular complexity index is 4280. The lowest BCUT2D eigenvalue weighted by molar-refractivity contribution is 0.590. The van der Waals surface area contributed by atoms with Gasteiger partial charge in [0.2, 0.25) is 0 Å². The highest BCUT2D eigenvalue weighted by molar-refractivity contribution is 7.00. The summed E-state index contributed by atoms with van der Waals surface area (Å²) in [6, 6.07) is 80.2. The zero-order chi connectivity index (χ0) is 58.3. The van der Waals surface area contributed by atoms with Crippen molar-refractivity contribution in [3.63, 3.8) is 0 Å². The summed E-state index contributed by atoms with van der Waals surface area (Å²) in [5.74, 6) is 0. The fourth-order valence-corrected chi connectivity index (χ4v) is 13.4. The number of hydrogen-bond donors (Lipinski definition) is 0. The molecule has 0 radical (unpaired) electrons. The number of para-hydroxylation sites is 1. The van der Waals surface area contributed by atoms with E-state index in [1.165, 1.54) is 144 Å². The molecule has 0 N–H and O–H groups in total. The van der Waals surface area contributed by atoms with E-state index >= 15 is 0 Å². The number of fused-ring (bicyclic) bond motifs is 10. The van der Waals surface area contributed by atoms with Crippen molar-refractivity contribution in [3.8, 4) is 33.4 Å². The molecule has 11 aromatic rings. The lowest BCUT2D eigenvalue weighted by Gasteiger charge is -2.46. The molecule has 0 saturated heterocycles. The first-order valence-electron chi connectivity index (χ1n) is 30.2. The third kappa shape index (κ3) is 9.18. The standard InChI is InChI=1S/C80H79BN2/c1-76(2,3)53-35-30-50(31-36-53)58-26-20-27-59(51-32-37-54(38-33-51)77(4,5)6)75(58)83-71-45-41-57(80(13,14)15)49-68(71)81-67-48-56(79(10,11)12)40-44-70(67)82(72-28-21-29-73(83)74(72)81)69-43-39-55(78(7,8)9)47-65(69)52-34-42-64-62-24-17-16-22-60(62)61-23-18-19-25-63(61)66(64)46-52/h16-49H,1-15H3. The van der Waals surface area contributed by atoms with Crippen LogP contribution < -0.4 is 26.2 Å². The summed E-state index contributed by atoms with van der Waals surface area (Å²) in [5, 5.41) is 7.68. The maximum atomic E-state index is 2.66. The number of nitrogens with zero attached hydrogens (tertiary/aromatic N) is 2. The van der Waals surface area contributed by atoms with Gasteiger partial charge in [0.1, 0.15) is 0 Å². The Morgan fingerprint density at radius 3 is 1.07 bits per heavy atom. The predicted octanol–water partition coefficient (Wildman–Crippen LogP) is 20.7. The van der Waals surface area contributed by atoms with Crippen LogP contribution in [0, 0.1) is 0 Å². The lowest BCUT2D eigenvalue weighted by Crippen LogP contribution is -2.61. The van der Waals surface area contributed by atoms with E-state index < -0.39 is 0 Å². The van der Waals surface area contributed by atoms with E-state index in [1.807, 2.05) is 0 Å². The van der Waals surface area contributed by atoms with Gasteiger partial charge >= 0.3 is 0 Å². The van der Waals surface area contributed by atoms with Crippen molar-refractivity contribution >= 4 is 89.5 Å². The highest BCUT2D eigenvalue weighted by atomic mass is 15.2. The van der Waals surface area contributed by atoms with E-state index in [-0.39, 0.29) is 33.8 Å². The molecule has 11 aromatic carbocycles.